The van der Waals surface area contributed by atoms with E-state index in [-0.39, 0.29) is 24.0 Å². The fourth-order valence-electron chi connectivity index (χ4n) is 2.81. The number of carbonyl (C=O) groups excluding carboxylic acids is 2. The Balaban J connectivity index is 1.74. The maximum Gasteiger partial charge on any atom is 0.415 e. The van der Waals surface area contributed by atoms with Gasteiger partial charge in [0, 0.05) is 12.5 Å². The Bertz CT molecular complexity index is 511. The lowest BCUT2D eigenvalue weighted by atomic mass is 9.78. The summed E-state index contributed by atoms with van der Waals surface area (Å²) in [6.07, 6.45) is 5.44. The molecule has 2 aliphatic heterocycles. The van der Waals surface area contributed by atoms with Crippen molar-refractivity contribution < 1.29 is 14.3 Å². The van der Waals surface area contributed by atoms with E-state index >= 15 is 0 Å². The molecule has 3 aliphatic rings. The molecule has 0 radical (unpaired) electrons. The summed E-state index contributed by atoms with van der Waals surface area (Å²) in [4.78, 5) is 24.9. The molecule has 0 aromatic heterocycles. The number of piperidine rings is 1. The number of para-hydroxylation sites is 1. The Morgan fingerprint density at radius 2 is 2.05 bits per heavy atom. The second kappa shape index (κ2) is 4.88. The van der Waals surface area contributed by atoms with Crippen LogP contribution in [0.15, 0.2) is 42.5 Å². The van der Waals surface area contributed by atoms with E-state index in [1.54, 1.807) is 17.0 Å². The van der Waals surface area contributed by atoms with Gasteiger partial charge in [0.25, 0.3) is 0 Å². The average Bonchev–Trinajstić information content (AvgIpc) is 2.48. The van der Waals surface area contributed by atoms with Crippen molar-refractivity contribution in [3.63, 3.8) is 0 Å². The smallest absolute Gasteiger partial charge is 0.410 e. The Hall–Kier alpha value is -2.10. The molecule has 1 aromatic carbocycles. The maximum atomic E-state index is 12.2. The van der Waals surface area contributed by atoms with Gasteiger partial charge in [-0.25, -0.2) is 4.79 Å². The number of nitrogens with zero attached hydrogens (tertiary/aromatic N) is 1. The lowest BCUT2D eigenvalue weighted by molar-refractivity contribution is -0.114. The largest absolute Gasteiger partial charge is 0.415 e. The molecule has 1 fully saturated rings. The first-order valence-electron chi connectivity index (χ1n) is 6.45. The summed E-state index contributed by atoms with van der Waals surface area (Å²) in [5.74, 6) is 0.691. The Kier molecular flexibility index (Phi) is 3.07. The van der Waals surface area contributed by atoms with E-state index in [0.717, 1.165) is 12.7 Å². The number of rotatable bonds is 2. The fourth-order valence-corrected chi connectivity index (χ4v) is 2.81. The average molecular weight is 257 g/mol. The molecule has 2 bridgehead atoms. The predicted octanol–water partition coefficient (Wildman–Crippen LogP) is 2.26. The number of hydrogen-bond donors (Lipinski definition) is 0. The molecule has 1 amide bonds. The lowest BCUT2D eigenvalue weighted by Crippen LogP contribution is -2.54. The zero-order valence-electron chi connectivity index (χ0n) is 10.4. The van der Waals surface area contributed by atoms with Crippen molar-refractivity contribution in [1.82, 2.24) is 4.90 Å². The Morgan fingerprint density at radius 1 is 1.26 bits per heavy atom. The van der Waals surface area contributed by atoms with E-state index in [9.17, 15) is 9.59 Å². The number of benzene rings is 1. The van der Waals surface area contributed by atoms with Crippen LogP contribution in [0.25, 0.3) is 0 Å². The van der Waals surface area contributed by atoms with Crippen molar-refractivity contribution in [3.05, 3.63) is 42.5 Å². The van der Waals surface area contributed by atoms with E-state index in [1.807, 2.05) is 24.3 Å². The molecule has 2 heterocycles. The number of hydrogen-bond acceptors (Lipinski definition) is 3. The van der Waals surface area contributed by atoms with E-state index < -0.39 is 0 Å². The third-order valence-corrected chi connectivity index (χ3v) is 3.74. The topological polar surface area (TPSA) is 46.6 Å². The van der Waals surface area contributed by atoms with Crippen molar-refractivity contribution in [2.45, 2.75) is 12.5 Å². The molecule has 4 heteroatoms. The summed E-state index contributed by atoms with van der Waals surface area (Å²) >= 11 is 0. The summed E-state index contributed by atoms with van der Waals surface area (Å²) in [6.45, 7) is 0.636. The Labute approximate surface area is 111 Å². The first-order chi connectivity index (χ1) is 9.28. The monoisotopic (exact) mass is 257 g/mol. The molecule has 0 saturated carbocycles. The van der Waals surface area contributed by atoms with Gasteiger partial charge in [-0.05, 0) is 24.5 Å². The van der Waals surface area contributed by atoms with Gasteiger partial charge in [-0.1, -0.05) is 30.4 Å². The second-order valence-corrected chi connectivity index (χ2v) is 5.00. The molecular formula is C15H15NO3. The molecule has 0 N–H and O–H groups in total. The van der Waals surface area contributed by atoms with Gasteiger partial charge in [-0.3, -0.25) is 0 Å². The minimum Gasteiger partial charge on any atom is -0.410 e. The van der Waals surface area contributed by atoms with Crippen molar-refractivity contribution in [2.75, 3.05) is 6.54 Å². The molecule has 4 nitrogen and oxygen atoms in total. The first kappa shape index (κ1) is 12.0. The van der Waals surface area contributed by atoms with Crippen LogP contribution in [-0.2, 0) is 4.79 Å². The van der Waals surface area contributed by atoms with Crippen molar-refractivity contribution in [3.8, 4) is 5.75 Å². The molecule has 19 heavy (non-hydrogen) atoms. The highest BCUT2D eigenvalue weighted by atomic mass is 16.6. The minimum absolute atomic E-state index is 0.105. The van der Waals surface area contributed by atoms with Gasteiger partial charge >= 0.3 is 6.09 Å². The summed E-state index contributed by atoms with van der Waals surface area (Å²) in [5, 5.41) is 0. The number of fused-ring (bicyclic) bond motifs is 2. The quantitative estimate of drug-likeness (QED) is 0.603. The van der Waals surface area contributed by atoms with Crippen LogP contribution in [0.1, 0.15) is 6.42 Å². The third kappa shape index (κ3) is 2.26. The van der Waals surface area contributed by atoms with Crippen molar-refractivity contribution in [2.24, 2.45) is 11.8 Å². The van der Waals surface area contributed by atoms with Crippen molar-refractivity contribution in [1.29, 1.82) is 0 Å². The number of aldehydes is 1. The predicted molar refractivity (Wildman–Crippen MR) is 69.8 cm³/mol. The van der Waals surface area contributed by atoms with Crippen LogP contribution in [-0.4, -0.2) is 29.9 Å². The third-order valence-electron chi connectivity index (χ3n) is 3.74. The molecule has 1 aromatic rings. The fraction of sp³-hybridized carbons (Fsp3) is 0.333. The van der Waals surface area contributed by atoms with Gasteiger partial charge < -0.3 is 14.4 Å². The van der Waals surface area contributed by atoms with Crippen molar-refractivity contribution >= 4 is 12.4 Å². The van der Waals surface area contributed by atoms with Crippen LogP contribution >= 0.6 is 0 Å². The standard InChI is InChI=1S/C15H15NO3/c17-10-12-8-11-6-7-14(12)16(9-11)15(18)19-13-4-2-1-3-5-13/h1-7,10-12,14H,8-9H2/t11-,12+,14+/m1/s1. The molecule has 1 aliphatic carbocycles. The van der Waals surface area contributed by atoms with E-state index in [4.69, 9.17) is 4.74 Å². The summed E-state index contributed by atoms with van der Waals surface area (Å²) in [7, 11) is 0. The number of amides is 1. The SMILES string of the molecule is O=C[C@@H]1C[C@H]2C=C[C@@H]1N(C(=O)Oc1ccccc1)C2. The number of carbonyl (C=O) groups is 2. The van der Waals surface area contributed by atoms with E-state index in [0.29, 0.717) is 12.3 Å². The van der Waals surface area contributed by atoms with E-state index in [1.165, 1.54) is 0 Å². The second-order valence-electron chi connectivity index (χ2n) is 5.00. The number of ether oxygens (including phenoxy) is 1. The van der Waals surface area contributed by atoms with Gasteiger partial charge in [0.05, 0.1) is 6.04 Å². The van der Waals surface area contributed by atoms with Gasteiger partial charge in [0.15, 0.2) is 0 Å². The molecular weight excluding hydrogens is 242 g/mol. The molecule has 0 unspecified atom stereocenters. The van der Waals surface area contributed by atoms with Crippen LogP contribution < -0.4 is 4.74 Å². The highest BCUT2D eigenvalue weighted by Gasteiger charge is 2.40. The minimum atomic E-state index is -0.378. The summed E-state index contributed by atoms with van der Waals surface area (Å²) in [5.41, 5.74) is 0. The zero-order valence-corrected chi connectivity index (χ0v) is 10.4. The van der Waals surface area contributed by atoms with Gasteiger partial charge in [-0.15, -0.1) is 0 Å². The van der Waals surface area contributed by atoms with Gasteiger partial charge in [-0.2, -0.15) is 0 Å². The lowest BCUT2D eigenvalue weighted by Gasteiger charge is -2.43. The highest BCUT2D eigenvalue weighted by molar-refractivity contribution is 5.73. The zero-order chi connectivity index (χ0) is 13.2. The highest BCUT2D eigenvalue weighted by Crippen LogP contribution is 2.33. The summed E-state index contributed by atoms with van der Waals surface area (Å²) < 4.78 is 5.34. The molecule has 0 spiro atoms. The van der Waals surface area contributed by atoms with Gasteiger partial charge in [0.1, 0.15) is 12.0 Å². The Morgan fingerprint density at radius 3 is 2.74 bits per heavy atom. The van der Waals surface area contributed by atoms with Crippen LogP contribution in [0.2, 0.25) is 0 Å². The van der Waals surface area contributed by atoms with Crippen LogP contribution in [0.3, 0.4) is 0 Å². The van der Waals surface area contributed by atoms with Crippen LogP contribution in [0.4, 0.5) is 4.79 Å². The molecule has 4 rings (SSSR count). The summed E-state index contributed by atoms with van der Waals surface area (Å²) in [6, 6.07) is 8.84. The van der Waals surface area contributed by atoms with Crippen LogP contribution in [0.5, 0.6) is 5.75 Å². The normalized spacial score (nSPS) is 28.2. The van der Waals surface area contributed by atoms with Crippen LogP contribution in [0, 0.1) is 11.8 Å². The molecule has 3 atom stereocenters. The van der Waals surface area contributed by atoms with E-state index in [2.05, 4.69) is 6.08 Å². The van der Waals surface area contributed by atoms with Gasteiger partial charge in [0.2, 0.25) is 0 Å². The molecule has 98 valence electrons. The molecule has 1 saturated heterocycles. The first-order valence-corrected chi connectivity index (χ1v) is 6.45. The maximum absolute atomic E-state index is 12.2.